The largest absolute Gasteiger partial charge is 0.360 e. The van der Waals surface area contributed by atoms with Crippen LogP contribution in [0, 0.1) is 17.0 Å². The Balaban J connectivity index is 2.07. The summed E-state index contributed by atoms with van der Waals surface area (Å²) < 4.78 is 27.6. The Kier molecular flexibility index (Phi) is 3.53. The van der Waals surface area contributed by atoms with E-state index in [1.807, 2.05) is 13.0 Å². The Morgan fingerprint density at radius 1 is 1.17 bits per heavy atom. The van der Waals surface area contributed by atoms with E-state index in [4.69, 9.17) is 0 Å². The lowest BCUT2D eigenvalue weighted by atomic mass is 10.2. The minimum atomic E-state index is -3.86. The number of nitrogens with zero attached hydrogens (tertiary/aromatic N) is 1. The standard InChI is InChI=1S/C15H13N3O4S/c1-10-3-2-4-11(7-10)17-23(21,22)15-9-16-14-6-5-12(18(19)20)8-13(14)15/h2-9,16-17H,1H3. The van der Waals surface area contributed by atoms with Gasteiger partial charge in [0.15, 0.2) is 0 Å². The van der Waals surface area contributed by atoms with Gasteiger partial charge < -0.3 is 4.98 Å². The monoisotopic (exact) mass is 331 g/mol. The van der Waals surface area contributed by atoms with Crippen molar-refractivity contribution < 1.29 is 13.3 Å². The molecule has 8 heteroatoms. The van der Waals surface area contributed by atoms with E-state index in [9.17, 15) is 18.5 Å². The number of aryl methyl sites for hydroxylation is 1. The first kappa shape index (κ1) is 15.0. The SMILES string of the molecule is Cc1cccc(NS(=O)(=O)c2c[nH]c3ccc([N+](=O)[O-])cc23)c1. The fourth-order valence-electron chi connectivity index (χ4n) is 2.34. The summed E-state index contributed by atoms with van der Waals surface area (Å²) in [6.45, 7) is 1.85. The molecule has 0 saturated heterocycles. The van der Waals surface area contributed by atoms with Gasteiger partial charge in [-0.3, -0.25) is 14.8 Å². The molecule has 3 rings (SSSR count). The molecule has 23 heavy (non-hydrogen) atoms. The molecule has 2 N–H and O–H groups in total. The van der Waals surface area contributed by atoms with E-state index in [0.717, 1.165) is 5.56 Å². The van der Waals surface area contributed by atoms with Crippen molar-refractivity contribution in [3.05, 3.63) is 64.3 Å². The van der Waals surface area contributed by atoms with E-state index in [2.05, 4.69) is 9.71 Å². The van der Waals surface area contributed by atoms with Gasteiger partial charge >= 0.3 is 0 Å². The number of benzene rings is 2. The quantitative estimate of drug-likeness (QED) is 0.565. The first-order chi connectivity index (χ1) is 10.9. The summed E-state index contributed by atoms with van der Waals surface area (Å²) in [5, 5.41) is 11.2. The number of hydrogen-bond donors (Lipinski definition) is 2. The zero-order valence-corrected chi connectivity index (χ0v) is 12.9. The van der Waals surface area contributed by atoms with E-state index in [0.29, 0.717) is 11.2 Å². The van der Waals surface area contributed by atoms with Crippen LogP contribution in [0.1, 0.15) is 5.56 Å². The first-order valence-electron chi connectivity index (χ1n) is 6.72. The molecule has 0 fully saturated rings. The Bertz CT molecular complexity index is 1010. The van der Waals surface area contributed by atoms with E-state index < -0.39 is 14.9 Å². The summed E-state index contributed by atoms with van der Waals surface area (Å²) in [6, 6.07) is 11.0. The van der Waals surface area contributed by atoms with Crippen molar-refractivity contribution in [2.75, 3.05) is 4.72 Å². The molecule has 0 spiro atoms. The van der Waals surface area contributed by atoms with Gasteiger partial charge in [-0.05, 0) is 30.7 Å². The Labute approximate surface area is 132 Å². The van der Waals surface area contributed by atoms with Gasteiger partial charge in [0.2, 0.25) is 0 Å². The minimum Gasteiger partial charge on any atom is -0.360 e. The molecule has 0 radical (unpaired) electrons. The number of nitrogens with one attached hydrogen (secondary N) is 2. The number of aromatic amines is 1. The number of nitro benzene ring substituents is 1. The van der Waals surface area contributed by atoms with Crippen LogP contribution in [0.4, 0.5) is 11.4 Å². The predicted molar refractivity (Wildman–Crippen MR) is 86.9 cm³/mol. The molecule has 0 aliphatic rings. The highest BCUT2D eigenvalue weighted by atomic mass is 32.2. The van der Waals surface area contributed by atoms with Crippen LogP contribution in [0.2, 0.25) is 0 Å². The molecule has 0 unspecified atom stereocenters. The molecular weight excluding hydrogens is 318 g/mol. The van der Waals surface area contributed by atoms with Crippen LogP contribution >= 0.6 is 0 Å². The fraction of sp³-hybridized carbons (Fsp3) is 0.0667. The van der Waals surface area contributed by atoms with Crippen molar-refractivity contribution in [1.82, 2.24) is 4.98 Å². The van der Waals surface area contributed by atoms with Crippen LogP contribution in [-0.4, -0.2) is 18.3 Å². The molecule has 0 aliphatic carbocycles. The normalized spacial score (nSPS) is 11.5. The van der Waals surface area contributed by atoms with Gasteiger partial charge in [0.05, 0.1) is 4.92 Å². The van der Waals surface area contributed by atoms with E-state index in [-0.39, 0.29) is 16.0 Å². The lowest BCUT2D eigenvalue weighted by Gasteiger charge is -2.07. The molecule has 0 saturated carbocycles. The predicted octanol–water partition coefficient (Wildman–Crippen LogP) is 3.19. The van der Waals surface area contributed by atoms with Gasteiger partial charge in [0.1, 0.15) is 4.90 Å². The molecule has 0 bridgehead atoms. The summed E-state index contributed by atoms with van der Waals surface area (Å²) in [7, 11) is -3.86. The third-order valence-corrected chi connectivity index (χ3v) is 4.82. The van der Waals surface area contributed by atoms with Crippen molar-refractivity contribution in [3.8, 4) is 0 Å². The van der Waals surface area contributed by atoms with Crippen LogP contribution in [-0.2, 0) is 10.0 Å². The van der Waals surface area contributed by atoms with Crippen LogP contribution in [0.15, 0.2) is 53.6 Å². The molecule has 0 amide bonds. The number of nitro groups is 1. The average Bonchev–Trinajstić information content (AvgIpc) is 2.90. The number of aromatic nitrogens is 1. The number of H-pyrrole nitrogens is 1. The molecular formula is C15H13N3O4S. The van der Waals surface area contributed by atoms with Gasteiger partial charge in [0.25, 0.3) is 15.7 Å². The second kappa shape index (κ2) is 5.40. The Morgan fingerprint density at radius 3 is 2.65 bits per heavy atom. The van der Waals surface area contributed by atoms with Crippen LogP contribution in [0.3, 0.4) is 0 Å². The molecule has 0 atom stereocenters. The van der Waals surface area contributed by atoms with Crippen molar-refractivity contribution in [1.29, 1.82) is 0 Å². The van der Waals surface area contributed by atoms with Crippen molar-refractivity contribution in [3.63, 3.8) is 0 Å². The molecule has 1 heterocycles. The number of non-ortho nitro benzene ring substituents is 1. The van der Waals surface area contributed by atoms with Crippen molar-refractivity contribution in [2.45, 2.75) is 11.8 Å². The van der Waals surface area contributed by atoms with Crippen molar-refractivity contribution in [2.24, 2.45) is 0 Å². The smallest absolute Gasteiger partial charge is 0.270 e. The highest BCUT2D eigenvalue weighted by molar-refractivity contribution is 7.93. The summed E-state index contributed by atoms with van der Waals surface area (Å²) >= 11 is 0. The third-order valence-electron chi connectivity index (χ3n) is 3.40. The van der Waals surface area contributed by atoms with Crippen molar-refractivity contribution >= 4 is 32.3 Å². The number of hydrogen-bond acceptors (Lipinski definition) is 4. The summed E-state index contributed by atoms with van der Waals surface area (Å²) in [5.74, 6) is 0. The maximum atomic E-state index is 12.6. The maximum absolute atomic E-state index is 12.6. The molecule has 7 nitrogen and oxygen atoms in total. The lowest BCUT2D eigenvalue weighted by molar-refractivity contribution is -0.384. The van der Waals surface area contributed by atoms with E-state index >= 15 is 0 Å². The second-order valence-corrected chi connectivity index (χ2v) is 6.77. The van der Waals surface area contributed by atoms with Crippen LogP contribution in [0.25, 0.3) is 10.9 Å². The highest BCUT2D eigenvalue weighted by Crippen LogP contribution is 2.28. The number of rotatable bonds is 4. The molecule has 3 aromatic rings. The van der Waals surface area contributed by atoms with Crippen LogP contribution in [0.5, 0.6) is 0 Å². The molecule has 118 valence electrons. The van der Waals surface area contributed by atoms with Gasteiger partial charge in [0, 0.05) is 34.9 Å². The molecule has 1 aromatic heterocycles. The maximum Gasteiger partial charge on any atom is 0.270 e. The third kappa shape index (κ3) is 2.88. The number of sulfonamides is 1. The Morgan fingerprint density at radius 2 is 1.96 bits per heavy atom. The number of fused-ring (bicyclic) bond motifs is 1. The van der Waals surface area contributed by atoms with Crippen LogP contribution < -0.4 is 4.72 Å². The average molecular weight is 331 g/mol. The van der Waals surface area contributed by atoms with Gasteiger partial charge in [-0.15, -0.1) is 0 Å². The Hall–Kier alpha value is -2.87. The minimum absolute atomic E-state index is 0.0299. The van der Waals surface area contributed by atoms with Gasteiger partial charge in [-0.1, -0.05) is 12.1 Å². The molecule has 0 aliphatic heterocycles. The zero-order chi connectivity index (χ0) is 16.6. The summed E-state index contributed by atoms with van der Waals surface area (Å²) in [6.07, 6.45) is 1.33. The lowest BCUT2D eigenvalue weighted by Crippen LogP contribution is -2.12. The fourth-order valence-corrected chi connectivity index (χ4v) is 3.56. The van der Waals surface area contributed by atoms with E-state index in [1.165, 1.54) is 24.4 Å². The van der Waals surface area contributed by atoms with Gasteiger partial charge in [-0.2, -0.15) is 0 Å². The highest BCUT2D eigenvalue weighted by Gasteiger charge is 2.21. The number of anilines is 1. The van der Waals surface area contributed by atoms with Gasteiger partial charge in [-0.25, -0.2) is 8.42 Å². The van der Waals surface area contributed by atoms with E-state index in [1.54, 1.807) is 18.2 Å². The summed E-state index contributed by atoms with van der Waals surface area (Å²) in [4.78, 5) is 13.1. The first-order valence-corrected chi connectivity index (χ1v) is 8.20. The summed E-state index contributed by atoms with van der Waals surface area (Å²) in [5.41, 5.74) is 1.70. The molecule has 2 aromatic carbocycles. The zero-order valence-electron chi connectivity index (χ0n) is 12.1. The second-order valence-electron chi connectivity index (χ2n) is 5.11. The topological polar surface area (TPSA) is 105 Å².